The minimum atomic E-state index is -1.82. The quantitative estimate of drug-likeness (QED) is 0.204. The molecule has 44 heavy (non-hydrogen) atoms. The number of aliphatic hydroxyl groups excluding tert-OH is 2. The van der Waals surface area contributed by atoms with Gasteiger partial charge in [-0.25, -0.2) is 4.79 Å². The topological polar surface area (TPSA) is 200 Å². The third-order valence-electron chi connectivity index (χ3n) is 6.82. The average Bonchev–Trinajstić information content (AvgIpc) is 3.36. The molecule has 238 valence electrons. The Morgan fingerprint density at radius 2 is 1.59 bits per heavy atom. The van der Waals surface area contributed by atoms with Gasteiger partial charge in [0.25, 0.3) is 5.91 Å². The predicted octanol–water partition coefficient (Wildman–Crippen LogP) is 0.122. The van der Waals surface area contributed by atoms with Crippen molar-refractivity contribution in [3.63, 3.8) is 0 Å². The number of hydrogen-bond acceptors (Lipinski definition) is 9. The van der Waals surface area contributed by atoms with Crippen molar-refractivity contribution in [1.82, 2.24) is 20.9 Å². The van der Waals surface area contributed by atoms with Gasteiger partial charge in [-0.1, -0.05) is 60.7 Å². The molecule has 0 saturated carbocycles. The lowest BCUT2D eigenvalue weighted by Crippen LogP contribution is -2.58. The second-order valence-corrected chi connectivity index (χ2v) is 11.8. The number of nitrogens with one attached hydrogen (secondary N) is 3. The molecule has 0 spiro atoms. The van der Waals surface area contributed by atoms with Crippen LogP contribution in [0.15, 0.2) is 60.7 Å². The fraction of sp³-hybridized carbons (Fsp3) is 0.452. The normalized spacial score (nSPS) is 18.5. The maximum Gasteiger partial charge on any atom is 0.414 e. The Kier molecular flexibility index (Phi) is 12.0. The van der Waals surface area contributed by atoms with Crippen molar-refractivity contribution < 1.29 is 38.9 Å². The van der Waals surface area contributed by atoms with Gasteiger partial charge in [-0.05, 0) is 38.3 Å². The van der Waals surface area contributed by atoms with Crippen LogP contribution >= 0.6 is 0 Å². The van der Waals surface area contributed by atoms with E-state index in [1.807, 2.05) is 5.32 Å². The van der Waals surface area contributed by atoms with Crippen molar-refractivity contribution in [3.05, 3.63) is 71.8 Å². The standard InChI is InChI=1S/C31H41N5O8/c1-31(2,3)35-28(41)24-15-21(37)17-36(24)29(42)26(39)23(14-19-10-6-4-7-11-19)33-27(40)22(32)16-25(38)34-30(43)44-18-20-12-8-5-9-13-20/h4-13,21-24,26,37,39H,14-18,32H2,1-3H3,(H,33,40)(H,35,41)(H,34,38,43)/t21-,22+,23+,24+,26+/m1/s1. The number of benzene rings is 2. The molecule has 2 aromatic carbocycles. The number of β-amino-alcohol motifs (C(OH)–C–C–N with tert-alkyl or cyclic N) is 1. The monoisotopic (exact) mass is 611 g/mol. The van der Waals surface area contributed by atoms with E-state index in [4.69, 9.17) is 10.5 Å². The lowest BCUT2D eigenvalue weighted by atomic mass is 9.99. The summed E-state index contributed by atoms with van der Waals surface area (Å²) in [5.41, 5.74) is 6.75. The number of carbonyl (C=O) groups is 5. The zero-order valence-electron chi connectivity index (χ0n) is 25.1. The second-order valence-electron chi connectivity index (χ2n) is 11.8. The van der Waals surface area contributed by atoms with Gasteiger partial charge in [0.1, 0.15) is 12.6 Å². The zero-order chi connectivity index (χ0) is 32.4. The van der Waals surface area contributed by atoms with Gasteiger partial charge in [0, 0.05) is 18.5 Å². The highest BCUT2D eigenvalue weighted by molar-refractivity contribution is 5.96. The first kappa shape index (κ1) is 34.2. The number of imide groups is 1. The molecule has 2 aromatic rings. The summed E-state index contributed by atoms with van der Waals surface area (Å²) in [6, 6.07) is 13.9. The van der Waals surface area contributed by atoms with E-state index in [1.165, 1.54) is 0 Å². The van der Waals surface area contributed by atoms with E-state index in [0.717, 1.165) is 4.90 Å². The van der Waals surface area contributed by atoms with Crippen molar-refractivity contribution in [3.8, 4) is 0 Å². The van der Waals surface area contributed by atoms with Gasteiger partial charge in [0.2, 0.25) is 17.7 Å². The molecule has 5 atom stereocenters. The van der Waals surface area contributed by atoms with Gasteiger partial charge in [-0.3, -0.25) is 24.5 Å². The Bertz CT molecular complexity index is 1300. The fourth-order valence-electron chi connectivity index (χ4n) is 4.72. The maximum atomic E-state index is 13.5. The number of nitrogens with two attached hydrogens (primary N) is 1. The van der Waals surface area contributed by atoms with E-state index in [1.54, 1.807) is 81.4 Å². The molecule has 1 aliphatic heterocycles. The molecule has 1 fully saturated rings. The molecular formula is C31H41N5O8. The number of hydrogen-bond donors (Lipinski definition) is 6. The first-order chi connectivity index (χ1) is 20.7. The first-order valence-corrected chi connectivity index (χ1v) is 14.3. The molecule has 7 N–H and O–H groups in total. The van der Waals surface area contributed by atoms with Crippen molar-refractivity contribution >= 4 is 29.7 Å². The highest BCUT2D eigenvalue weighted by Gasteiger charge is 2.43. The second kappa shape index (κ2) is 15.4. The zero-order valence-corrected chi connectivity index (χ0v) is 25.1. The Hall–Kier alpha value is -4.33. The summed E-state index contributed by atoms with van der Waals surface area (Å²) in [4.78, 5) is 64.9. The molecule has 1 saturated heterocycles. The lowest BCUT2D eigenvalue weighted by Gasteiger charge is -2.32. The van der Waals surface area contributed by atoms with E-state index >= 15 is 0 Å². The van der Waals surface area contributed by atoms with Gasteiger partial charge in [-0.2, -0.15) is 0 Å². The molecule has 1 heterocycles. The summed E-state index contributed by atoms with van der Waals surface area (Å²) in [7, 11) is 0. The molecule has 13 heteroatoms. The van der Waals surface area contributed by atoms with Crippen LogP contribution in [0.4, 0.5) is 4.79 Å². The number of alkyl carbamates (subject to hydrolysis) is 1. The number of nitrogens with zero attached hydrogens (tertiary/aromatic N) is 1. The molecular weight excluding hydrogens is 570 g/mol. The molecule has 5 amide bonds. The van der Waals surface area contributed by atoms with E-state index in [0.29, 0.717) is 11.1 Å². The van der Waals surface area contributed by atoms with Gasteiger partial charge in [0.05, 0.1) is 24.6 Å². The summed E-state index contributed by atoms with van der Waals surface area (Å²) in [5, 5.41) is 28.8. The minimum Gasteiger partial charge on any atom is -0.444 e. The Morgan fingerprint density at radius 1 is 1.00 bits per heavy atom. The fourth-order valence-corrected chi connectivity index (χ4v) is 4.72. The van der Waals surface area contributed by atoms with Crippen molar-refractivity contribution in [1.29, 1.82) is 0 Å². The van der Waals surface area contributed by atoms with Crippen LogP contribution in [0.3, 0.4) is 0 Å². The largest absolute Gasteiger partial charge is 0.444 e. The molecule has 0 aliphatic carbocycles. The van der Waals surface area contributed by atoms with E-state index in [-0.39, 0.29) is 26.0 Å². The Labute approximate surface area is 256 Å². The maximum absolute atomic E-state index is 13.5. The smallest absolute Gasteiger partial charge is 0.414 e. The number of carbonyl (C=O) groups excluding carboxylic acids is 5. The number of amides is 5. The number of likely N-dealkylation sites (tertiary alicyclic amines) is 1. The number of rotatable bonds is 11. The highest BCUT2D eigenvalue weighted by atomic mass is 16.5. The summed E-state index contributed by atoms with van der Waals surface area (Å²) in [5.74, 6) is -3.05. The molecule has 0 aromatic heterocycles. The Balaban J connectivity index is 1.65. The van der Waals surface area contributed by atoms with Crippen LogP contribution in [0.5, 0.6) is 0 Å². The third kappa shape index (κ3) is 10.4. The van der Waals surface area contributed by atoms with Crippen LogP contribution in [-0.4, -0.2) is 87.3 Å². The van der Waals surface area contributed by atoms with E-state index in [2.05, 4.69) is 10.6 Å². The Morgan fingerprint density at radius 3 is 2.18 bits per heavy atom. The van der Waals surface area contributed by atoms with Gasteiger partial charge >= 0.3 is 6.09 Å². The average molecular weight is 612 g/mol. The highest BCUT2D eigenvalue weighted by Crippen LogP contribution is 2.22. The van der Waals surface area contributed by atoms with Crippen molar-refractivity contribution in [2.75, 3.05) is 6.54 Å². The van der Waals surface area contributed by atoms with E-state index in [9.17, 15) is 34.2 Å². The van der Waals surface area contributed by atoms with Gasteiger partial charge in [0.15, 0.2) is 6.10 Å². The van der Waals surface area contributed by atoms with Crippen LogP contribution < -0.4 is 21.7 Å². The van der Waals surface area contributed by atoms with Crippen molar-refractivity contribution in [2.24, 2.45) is 5.73 Å². The molecule has 1 aliphatic rings. The first-order valence-electron chi connectivity index (χ1n) is 14.3. The van der Waals surface area contributed by atoms with Crippen LogP contribution in [0.2, 0.25) is 0 Å². The molecule has 13 nitrogen and oxygen atoms in total. The van der Waals surface area contributed by atoms with Gasteiger partial charge in [-0.15, -0.1) is 0 Å². The predicted molar refractivity (Wildman–Crippen MR) is 159 cm³/mol. The summed E-state index contributed by atoms with van der Waals surface area (Å²) in [6.45, 7) is 5.09. The SMILES string of the molecule is CC(C)(C)NC(=O)[C@@H]1C[C@@H](O)CN1C(=O)[C@@H](O)[C@H](Cc1ccccc1)NC(=O)[C@@H](N)CC(=O)NC(=O)OCc1ccccc1. The van der Waals surface area contributed by atoms with Crippen LogP contribution in [0.1, 0.15) is 44.7 Å². The molecule has 0 bridgehead atoms. The summed E-state index contributed by atoms with van der Waals surface area (Å²) < 4.78 is 5.00. The van der Waals surface area contributed by atoms with Gasteiger partial charge < -0.3 is 36.2 Å². The summed E-state index contributed by atoms with van der Waals surface area (Å²) >= 11 is 0. The third-order valence-corrected chi connectivity index (χ3v) is 6.82. The number of aliphatic hydroxyl groups is 2. The minimum absolute atomic E-state index is 0.0101. The van der Waals surface area contributed by atoms with Crippen LogP contribution in [0.25, 0.3) is 0 Å². The van der Waals surface area contributed by atoms with Crippen LogP contribution in [0, 0.1) is 0 Å². The van der Waals surface area contributed by atoms with E-state index < -0.39 is 72.0 Å². The lowest BCUT2D eigenvalue weighted by molar-refractivity contribution is -0.147. The number of ether oxygens (including phenoxy) is 1. The molecule has 0 unspecified atom stereocenters. The summed E-state index contributed by atoms with van der Waals surface area (Å²) in [6.07, 6.45) is -4.38. The molecule has 3 rings (SSSR count). The van der Waals surface area contributed by atoms with Crippen molar-refractivity contribution in [2.45, 2.75) is 82.5 Å². The molecule has 0 radical (unpaired) electrons. The van der Waals surface area contributed by atoms with Crippen LogP contribution in [-0.2, 0) is 36.9 Å².